The number of hydrogen-bond acceptors (Lipinski definition) is 1. The van der Waals surface area contributed by atoms with E-state index in [1.807, 2.05) is 0 Å². The van der Waals surface area contributed by atoms with Crippen LogP contribution in [0.15, 0.2) is 47.4 Å². The van der Waals surface area contributed by atoms with Gasteiger partial charge in [0.05, 0.1) is 0 Å². The Balaban J connectivity index is 2.17. The molecule has 0 aliphatic rings. The van der Waals surface area contributed by atoms with Crippen molar-refractivity contribution in [2.45, 2.75) is 46.4 Å². The van der Waals surface area contributed by atoms with E-state index in [9.17, 15) is 0 Å². The molecule has 0 spiro atoms. The summed E-state index contributed by atoms with van der Waals surface area (Å²) in [6, 6.07) is 15.9. The second-order valence-corrected chi connectivity index (χ2v) is 7.73. The predicted octanol–water partition coefficient (Wildman–Crippen LogP) is 7.16. The first-order valence-electron chi connectivity index (χ1n) is 8.77. The van der Waals surface area contributed by atoms with Crippen LogP contribution in [-0.4, -0.2) is 0 Å². The fraction of sp³-hybridized carbons (Fsp3) is 0.250. The maximum absolute atomic E-state index is 4.60. The van der Waals surface area contributed by atoms with Gasteiger partial charge in [-0.25, -0.2) is 0 Å². The molecule has 1 heteroatoms. The van der Waals surface area contributed by atoms with Crippen LogP contribution in [0.4, 0.5) is 0 Å². The Morgan fingerprint density at radius 3 is 1.28 bits per heavy atom. The zero-order chi connectivity index (χ0) is 18.3. The largest absolute Gasteiger partial charge is 0.143 e. The van der Waals surface area contributed by atoms with Gasteiger partial charge in [-0.1, -0.05) is 36.4 Å². The van der Waals surface area contributed by atoms with Gasteiger partial charge in [0.1, 0.15) is 0 Å². The molecular formula is C24H26S. The van der Waals surface area contributed by atoms with Crippen LogP contribution in [-0.2, 0) is 0 Å². The molecule has 0 aliphatic carbocycles. The van der Waals surface area contributed by atoms with Crippen LogP contribution < -0.4 is 0 Å². The maximum Gasteiger partial charge on any atom is 0.00989 e. The van der Waals surface area contributed by atoms with E-state index in [4.69, 9.17) is 0 Å². The van der Waals surface area contributed by atoms with E-state index in [0.717, 1.165) is 4.90 Å². The summed E-state index contributed by atoms with van der Waals surface area (Å²) < 4.78 is 0. The summed E-state index contributed by atoms with van der Waals surface area (Å²) in [5.41, 5.74) is 12.9. The number of aryl methyl sites for hydroxylation is 5. The lowest BCUT2D eigenvalue weighted by molar-refractivity contribution is 1.23. The SMILES string of the molecule is Cc1cc(-c2cc(C)c(C)c(C)c2)cc(-c2cc(C)c(S)c(C)c2)c1. The van der Waals surface area contributed by atoms with Crippen molar-refractivity contribution in [1.82, 2.24) is 0 Å². The van der Waals surface area contributed by atoms with E-state index >= 15 is 0 Å². The van der Waals surface area contributed by atoms with Crippen LogP contribution in [0.1, 0.15) is 33.4 Å². The van der Waals surface area contributed by atoms with Crippen LogP contribution >= 0.6 is 12.6 Å². The van der Waals surface area contributed by atoms with Crippen LogP contribution in [0, 0.1) is 41.5 Å². The predicted molar refractivity (Wildman–Crippen MR) is 113 cm³/mol. The van der Waals surface area contributed by atoms with Gasteiger partial charge >= 0.3 is 0 Å². The van der Waals surface area contributed by atoms with Gasteiger partial charge in [0.2, 0.25) is 0 Å². The summed E-state index contributed by atoms with van der Waals surface area (Å²) in [6.07, 6.45) is 0. The minimum atomic E-state index is 1.08. The molecule has 0 N–H and O–H groups in total. The molecule has 0 aromatic heterocycles. The van der Waals surface area contributed by atoms with Gasteiger partial charge in [0.15, 0.2) is 0 Å². The molecule has 0 heterocycles. The van der Waals surface area contributed by atoms with Crippen molar-refractivity contribution in [1.29, 1.82) is 0 Å². The van der Waals surface area contributed by atoms with Crippen LogP contribution in [0.2, 0.25) is 0 Å². The molecule has 0 bridgehead atoms. The van der Waals surface area contributed by atoms with Crippen LogP contribution in [0.5, 0.6) is 0 Å². The molecule has 0 saturated carbocycles. The quantitative estimate of drug-likeness (QED) is 0.468. The molecule has 0 aliphatic heterocycles. The fourth-order valence-electron chi connectivity index (χ4n) is 3.44. The molecule has 25 heavy (non-hydrogen) atoms. The number of thiol groups is 1. The fourth-order valence-corrected chi connectivity index (χ4v) is 3.57. The second-order valence-electron chi connectivity index (χ2n) is 7.28. The lowest BCUT2D eigenvalue weighted by atomic mass is 9.92. The van der Waals surface area contributed by atoms with E-state index in [1.165, 1.54) is 55.6 Å². The van der Waals surface area contributed by atoms with Crippen LogP contribution in [0.25, 0.3) is 22.3 Å². The maximum atomic E-state index is 4.60. The first kappa shape index (κ1) is 17.8. The summed E-state index contributed by atoms with van der Waals surface area (Å²) in [7, 11) is 0. The second kappa shape index (κ2) is 6.72. The smallest absolute Gasteiger partial charge is 0.00989 e. The van der Waals surface area contributed by atoms with E-state index in [1.54, 1.807) is 0 Å². The van der Waals surface area contributed by atoms with Gasteiger partial charge in [0, 0.05) is 4.90 Å². The van der Waals surface area contributed by atoms with E-state index in [-0.39, 0.29) is 0 Å². The summed E-state index contributed by atoms with van der Waals surface area (Å²) >= 11 is 4.60. The number of rotatable bonds is 2. The third-order valence-corrected chi connectivity index (χ3v) is 5.87. The van der Waals surface area contributed by atoms with Crippen LogP contribution in [0.3, 0.4) is 0 Å². The zero-order valence-electron chi connectivity index (χ0n) is 16.0. The molecule has 0 atom stereocenters. The molecule has 0 amide bonds. The molecule has 0 saturated heterocycles. The third kappa shape index (κ3) is 3.52. The average molecular weight is 347 g/mol. The molecular weight excluding hydrogens is 320 g/mol. The standard InChI is InChI=1S/C24H26S/c1-14-7-20(22-9-15(2)19(6)16(3)10-22)13-21(8-14)23-11-17(4)24(25)18(5)12-23/h7-13,25H,1-6H3. The number of benzene rings is 3. The highest BCUT2D eigenvalue weighted by molar-refractivity contribution is 7.80. The Labute approximate surface area is 157 Å². The van der Waals surface area contributed by atoms with Gasteiger partial charge in [0.25, 0.3) is 0 Å². The van der Waals surface area contributed by atoms with Crippen molar-refractivity contribution in [3.05, 3.63) is 75.8 Å². The molecule has 3 rings (SSSR count). The Morgan fingerprint density at radius 2 is 0.840 bits per heavy atom. The molecule has 3 aromatic rings. The molecule has 0 fully saturated rings. The normalized spacial score (nSPS) is 11.0. The first-order chi connectivity index (χ1) is 11.8. The minimum Gasteiger partial charge on any atom is -0.143 e. The zero-order valence-corrected chi connectivity index (χ0v) is 16.9. The molecule has 0 unspecified atom stereocenters. The molecule has 128 valence electrons. The molecule has 0 radical (unpaired) electrons. The van der Waals surface area contributed by atoms with Gasteiger partial charge < -0.3 is 0 Å². The minimum absolute atomic E-state index is 1.08. The summed E-state index contributed by atoms with van der Waals surface area (Å²) in [5, 5.41) is 0. The highest BCUT2D eigenvalue weighted by Crippen LogP contribution is 2.32. The summed E-state index contributed by atoms with van der Waals surface area (Å²) in [6.45, 7) is 13.0. The van der Waals surface area contributed by atoms with Crippen molar-refractivity contribution < 1.29 is 0 Å². The summed E-state index contributed by atoms with van der Waals surface area (Å²) in [4.78, 5) is 1.08. The molecule has 3 aromatic carbocycles. The van der Waals surface area contributed by atoms with Gasteiger partial charge in [-0.15, -0.1) is 12.6 Å². The lowest BCUT2D eigenvalue weighted by Crippen LogP contribution is -1.91. The monoisotopic (exact) mass is 346 g/mol. The first-order valence-corrected chi connectivity index (χ1v) is 9.21. The Kier molecular flexibility index (Phi) is 4.79. The van der Waals surface area contributed by atoms with Gasteiger partial charge in [-0.3, -0.25) is 0 Å². The van der Waals surface area contributed by atoms with E-state index < -0.39 is 0 Å². The Bertz CT molecular complexity index is 842. The van der Waals surface area contributed by atoms with Crippen molar-refractivity contribution in [3.63, 3.8) is 0 Å². The van der Waals surface area contributed by atoms with Crippen molar-refractivity contribution in [2.75, 3.05) is 0 Å². The molecule has 0 nitrogen and oxygen atoms in total. The van der Waals surface area contributed by atoms with Crippen molar-refractivity contribution >= 4 is 12.6 Å². The third-order valence-electron chi connectivity index (χ3n) is 5.16. The lowest BCUT2D eigenvalue weighted by Gasteiger charge is -2.13. The Hall–Kier alpha value is -1.99. The summed E-state index contributed by atoms with van der Waals surface area (Å²) in [5.74, 6) is 0. The van der Waals surface area contributed by atoms with Gasteiger partial charge in [-0.2, -0.15) is 0 Å². The van der Waals surface area contributed by atoms with E-state index in [0.29, 0.717) is 0 Å². The number of hydrogen-bond donors (Lipinski definition) is 1. The highest BCUT2D eigenvalue weighted by atomic mass is 32.1. The topological polar surface area (TPSA) is 0 Å². The average Bonchev–Trinajstić information content (AvgIpc) is 2.56. The van der Waals surface area contributed by atoms with Crippen molar-refractivity contribution in [2.24, 2.45) is 0 Å². The van der Waals surface area contributed by atoms with Crippen molar-refractivity contribution in [3.8, 4) is 22.3 Å². The highest BCUT2D eigenvalue weighted by Gasteiger charge is 2.09. The van der Waals surface area contributed by atoms with E-state index in [2.05, 4.69) is 96.6 Å². The van der Waals surface area contributed by atoms with Gasteiger partial charge in [-0.05, 0) is 103 Å². The Morgan fingerprint density at radius 1 is 0.480 bits per heavy atom.